The molecule has 4 N–H and O–H groups in total. The van der Waals surface area contributed by atoms with Crippen LogP contribution in [0.25, 0.3) is 0 Å². The number of nitrogens with two attached hydrogens (primary N) is 1. The maximum absolute atomic E-state index is 13.9. The third kappa shape index (κ3) is 4.55. The van der Waals surface area contributed by atoms with Gasteiger partial charge in [0, 0.05) is 11.3 Å². The van der Waals surface area contributed by atoms with Gasteiger partial charge < -0.3 is 16.4 Å². The van der Waals surface area contributed by atoms with Gasteiger partial charge in [0.25, 0.3) is 0 Å². The molecule has 0 aromatic heterocycles. The Hall–Kier alpha value is -3.40. The molecule has 7 heteroatoms. The quantitative estimate of drug-likeness (QED) is 0.785. The second-order valence-electron chi connectivity index (χ2n) is 5.03. The molecule has 0 aliphatic carbocycles. The smallest absolute Gasteiger partial charge is 0.312 e. The summed E-state index contributed by atoms with van der Waals surface area (Å²) in [5.41, 5.74) is 6.10. The number of amides is 3. The highest BCUT2D eigenvalue weighted by Crippen LogP contribution is 2.21. The SMILES string of the molecule is N#Cc1cccc(NC(=O)C[C@H](NC(N)=O)c2ccccc2F)c1. The molecule has 24 heavy (non-hydrogen) atoms. The van der Waals surface area contributed by atoms with Gasteiger partial charge in [-0.3, -0.25) is 4.79 Å². The van der Waals surface area contributed by atoms with Gasteiger partial charge in [0.1, 0.15) is 5.82 Å². The molecular formula is C17H15FN4O2. The molecule has 0 fully saturated rings. The average molecular weight is 326 g/mol. The minimum absolute atomic E-state index is 0.164. The Morgan fingerprint density at radius 1 is 1.21 bits per heavy atom. The molecule has 6 nitrogen and oxygen atoms in total. The molecule has 2 aromatic rings. The van der Waals surface area contributed by atoms with Crippen molar-refractivity contribution in [3.05, 3.63) is 65.5 Å². The van der Waals surface area contributed by atoms with Crippen molar-refractivity contribution in [2.75, 3.05) is 5.32 Å². The number of carbonyl (C=O) groups is 2. The number of benzene rings is 2. The molecule has 3 amide bonds. The lowest BCUT2D eigenvalue weighted by atomic mass is 10.0. The van der Waals surface area contributed by atoms with Gasteiger partial charge in [0.15, 0.2) is 0 Å². The van der Waals surface area contributed by atoms with E-state index in [0.29, 0.717) is 11.3 Å². The molecule has 0 saturated carbocycles. The Labute approximate surface area is 138 Å². The second-order valence-corrected chi connectivity index (χ2v) is 5.03. The van der Waals surface area contributed by atoms with Crippen LogP contribution in [0.1, 0.15) is 23.6 Å². The highest BCUT2D eigenvalue weighted by atomic mass is 19.1. The van der Waals surface area contributed by atoms with Crippen molar-refractivity contribution in [3.8, 4) is 6.07 Å². The summed E-state index contributed by atoms with van der Waals surface area (Å²) in [7, 11) is 0. The van der Waals surface area contributed by atoms with E-state index in [1.165, 1.54) is 24.3 Å². The molecule has 0 aliphatic heterocycles. The fraction of sp³-hybridized carbons (Fsp3) is 0.118. The first-order valence-electron chi connectivity index (χ1n) is 7.10. The average Bonchev–Trinajstić information content (AvgIpc) is 2.54. The fourth-order valence-electron chi connectivity index (χ4n) is 2.23. The molecule has 1 atom stereocenters. The van der Waals surface area contributed by atoms with Crippen LogP contribution in [-0.4, -0.2) is 11.9 Å². The van der Waals surface area contributed by atoms with Gasteiger partial charge in [-0.25, -0.2) is 9.18 Å². The monoisotopic (exact) mass is 326 g/mol. The summed E-state index contributed by atoms with van der Waals surface area (Å²) in [5, 5.41) is 13.8. The first-order chi connectivity index (χ1) is 11.5. The Kier molecular flexibility index (Phi) is 5.47. The van der Waals surface area contributed by atoms with Gasteiger partial charge in [-0.2, -0.15) is 5.26 Å². The summed E-state index contributed by atoms with van der Waals surface area (Å²) in [6.45, 7) is 0. The maximum atomic E-state index is 13.9. The maximum Gasteiger partial charge on any atom is 0.312 e. The van der Waals surface area contributed by atoms with Crippen molar-refractivity contribution in [1.29, 1.82) is 5.26 Å². The molecule has 2 aromatic carbocycles. The van der Waals surface area contributed by atoms with Crippen molar-refractivity contribution in [2.24, 2.45) is 5.73 Å². The van der Waals surface area contributed by atoms with Crippen LogP contribution in [0.15, 0.2) is 48.5 Å². The van der Waals surface area contributed by atoms with E-state index in [2.05, 4.69) is 10.6 Å². The van der Waals surface area contributed by atoms with Gasteiger partial charge in [-0.1, -0.05) is 24.3 Å². The lowest BCUT2D eigenvalue weighted by molar-refractivity contribution is -0.116. The van der Waals surface area contributed by atoms with Crippen molar-refractivity contribution in [1.82, 2.24) is 5.32 Å². The largest absolute Gasteiger partial charge is 0.352 e. The van der Waals surface area contributed by atoms with Gasteiger partial charge >= 0.3 is 6.03 Å². The zero-order chi connectivity index (χ0) is 17.5. The topological polar surface area (TPSA) is 108 Å². The van der Waals surface area contributed by atoms with E-state index in [4.69, 9.17) is 11.0 Å². The molecule has 0 unspecified atom stereocenters. The highest BCUT2D eigenvalue weighted by molar-refractivity contribution is 5.91. The minimum Gasteiger partial charge on any atom is -0.352 e. The first kappa shape index (κ1) is 17.0. The van der Waals surface area contributed by atoms with Crippen LogP contribution in [-0.2, 0) is 4.79 Å². The molecule has 0 saturated heterocycles. The van der Waals surface area contributed by atoms with E-state index in [9.17, 15) is 14.0 Å². The molecule has 0 spiro atoms. The predicted octanol–water partition coefficient (Wildman–Crippen LogP) is 2.44. The van der Waals surface area contributed by atoms with E-state index in [1.54, 1.807) is 24.3 Å². The van der Waals surface area contributed by atoms with Gasteiger partial charge in [0.05, 0.1) is 24.1 Å². The number of primary amides is 1. The molecule has 0 heterocycles. The Morgan fingerprint density at radius 2 is 1.96 bits per heavy atom. The highest BCUT2D eigenvalue weighted by Gasteiger charge is 2.20. The van der Waals surface area contributed by atoms with Crippen molar-refractivity contribution >= 4 is 17.6 Å². The van der Waals surface area contributed by atoms with Crippen LogP contribution < -0.4 is 16.4 Å². The number of halogens is 1. The molecule has 122 valence electrons. The lowest BCUT2D eigenvalue weighted by Gasteiger charge is -2.18. The predicted molar refractivity (Wildman–Crippen MR) is 86.3 cm³/mol. The van der Waals surface area contributed by atoms with Crippen LogP contribution in [0.2, 0.25) is 0 Å². The minimum atomic E-state index is -0.900. The summed E-state index contributed by atoms with van der Waals surface area (Å²) in [6.07, 6.45) is -0.208. The van der Waals surface area contributed by atoms with Crippen LogP contribution in [0.5, 0.6) is 0 Å². The number of hydrogen-bond acceptors (Lipinski definition) is 3. The zero-order valence-electron chi connectivity index (χ0n) is 12.6. The Bertz CT molecular complexity index is 801. The van der Waals surface area contributed by atoms with E-state index in [-0.39, 0.29) is 12.0 Å². The van der Waals surface area contributed by atoms with E-state index in [1.807, 2.05) is 6.07 Å². The zero-order valence-corrected chi connectivity index (χ0v) is 12.6. The van der Waals surface area contributed by atoms with E-state index < -0.39 is 23.8 Å². The van der Waals surface area contributed by atoms with Crippen LogP contribution in [0.4, 0.5) is 14.9 Å². The van der Waals surface area contributed by atoms with Crippen molar-refractivity contribution in [2.45, 2.75) is 12.5 Å². The van der Waals surface area contributed by atoms with Crippen molar-refractivity contribution in [3.63, 3.8) is 0 Å². The second kappa shape index (κ2) is 7.74. The summed E-state index contributed by atoms with van der Waals surface area (Å²) >= 11 is 0. The van der Waals surface area contributed by atoms with Crippen LogP contribution in [0.3, 0.4) is 0 Å². The number of hydrogen-bond donors (Lipinski definition) is 3. The third-order valence-electron chi connectivity index (χ3n) is 3.26. The van der Waals surface area contributed by atoms with E-state index in [0.717, 1.165) is 0 Å². The number of anilines is 1. The first-order valence-corrected chi connectivity index (χ1v) is 7.10. The van der Waals surface area contributed by atoms with Gasteiger partial charge in [-0.05, 0) is 24.3 Å². The Morgan fingerprint density at radius 3 is 2.62 bits per heavy atom. The summed E-state index contributed by atoms with van der Waals surface area (Å²) in [5.74, 6) is -0.998. The number of rotatable bonds is 5. The molecular weight excluding hydrogens is 311 g/mol. The number of urea groups is 1. The molecule has 0 aliphatic rings. The summed E-state index contributed by atoms with van der Waals surface area (Å²) in [4.78, 5) is 23.3. The van der Waals surface area contributed by atoms with Crippen LogP contribution >= 0.6 is 0 Å². The number of nitriles is 1. The number of carbonyl (C=O) groups excluding carboxylic acids is 2. The lowest BCUT2D eigenvalue weighted by Crippen LogP contribution is -2.35. The molecule has 0 bridgehead atoms. The number of nitrogens with one attached hydrogen (secondary N) is 2. The Balaban J connectivity index is 2.14. The fourth-order valence-corrected chi connectivity index (χ4v) is 2.23. The van der Waals surface area contributed by atoms with Crippen LogP contribution in [0, 0.1) is 17.1 Å². The van der Waals surface area contributed by atoms with Gasteiger partial charge in [-0.15, -0.1) is 0 Å². The molecule has 0 radical (unpaired) electrons. The van der Waals surface area contributed by atoms with E-state index >= 15 is 0 Å². The molecule has 2 rings (SSSR count). The van der Waals surface area contributed by atoms with Gasteiger partial charge in [0.2, 0.25) is 5.91 Å². The third-order valence-corrected chi connectivity index (χ3v) is 3.26. The summed E-state index contributed by atoms with van der Waals surface area (Å²) in [6, 6.07) is 12.4. The summed E-state index contributed by atoms with van der Waals surface area (Å²) < 4.78 is 13.9. The van der Waals surface area contributed by atoms with Crippen molar-refractivity contribution < 1.29 is 14.0 Å². The normalized spacial score (nSPS) is 11.2. The number of nitrogens with zero attached hydrogens (tertiary/aromatic N) is 1. The standard InChI is InChI=1S/C17H15FN4O2/c18-14-7-2-1-6-13(14)15(22-17(20)24)9-16(23)21-12-5-3-4-11(8-12)10-19/h1-8,15H,9H2,(H,21,23)(H3,20,22,24)/t15-/m0/s1.